The summed E-state index contributed by atoms with van der Waals surface area (Å²) in [6.07, 6.45) is 1.58. The van der Waals surface area contributed by atoms with Crippen LogP contribution in [0.25, 0.3) is 11.0 Å². The first-order chi connectivity index (χ1) is 10.6. The van der Waals surface area contributed by atoms with E-state index in [0.717, 1.165) is 5.56 Å². The molecule has 0 spiro atoms. The Kier molecular flexibility index (Phi) is 3.34. The van der Waals surface area contributed by atoms with Crippen LogP contribution in [0.1, 0.15) is 15.9 Å². The molecule has 0 unspecified atom stereocenters. The fourth-order valence-corrected chi connectivity index (χ4v) is 2.05. The number of hydrogen-bond acceptors (Lipinski definition) is 5. The summed E-state index contributed by atoms with van der Waals surface area (Å²) in [7, 11) is 0. The van der Waals surface area contributed by atoms with Gasteiger partial charge in [0, 0.05) is 6.20 Å². The largest absolute Gasteiger partial charge is 0.506 e. The zero-order valence-electron chi connectivity index (χ0n) is 11.7. The highest BCUT2D eigenvalue weighted by atomic mass is 16.4. The monoisotopic (exact) mass is 296 g/mol. The first-order valence-corrected chi connectivity index (χ1v) is 6.55. The van der Waals surface area contributed by atoms with Crippen molar-refractivity contribution in [1.29, 1.82) is 0 Å². The fraction of sp³-hybridized carbons (Fsp3) is 0.0625. The minimum Gasteiger partial charge on any atom is -0.506 e. The Morgan fingerprint density at radius 2 is 2.00 bits per heavy atom. The number of para-hydroxylation sites is 1. The van der Waals surface area contributed by atoms with E-state index in [1.54, 1.807) is 42.6 Å². The number of aromatic nitrogens is 1. The highest BCUT2D eigenvalue weighted by molar-refractivity contribution is 6.08. The van der Waals surface area contributed by atoms with Gasteiger partial charge in [0.15, 0.2) is 5.56 Å². The van der Waals surface area contributed by atoms with Gasteiger partial charge in [-0.05, 0) is 30.7 Å². The van der Waals surface area contributed by atoms with Gasteiger partial charge < -0.3 is 14.8 Å². The molecule has 1 aromatic carbocycles. The Hall–Kier alpha value is -3.15. The number of amides is 1. The first kappa shape index (κ1) is 13.8. The maximum atomic E-state index is 12.2. The van der Waals surface area contributed by atoms with Gasteiger partial charge >= 0.3 is 5.63 Å². The average molecular weight is 296 g/mol. The second-order valence-corrected chi connectivity index (χ2v) is 4.78. The van der Waals surface area contributed by atoms with E-state index in [9.17, 15) is 14.7 Å². The van der Waals surface area contributed by atoms with Gasteiger partial charge in [0.1, 0.15) is 17.2 Å². The van der Waals surface area contributed by atoms with Crippen molar-refractivity contribution in [3.8, 4) is 5.75 Å². The molecule has 0 aliphatic heterocycles. The van der Waals surface area contributed by atoms with Gasteiger partial charge in [0.25, 0.3) is 5.91 Å². The van der Waals surface area contributed by atoms with Crippen LogP contribution in [0.5, 0.6) is 5.75 Å². The van der Waals surface area contributed by atoms with Crippen molar-refractivity contribution in [2.45, 2.75) is 6.92 Å². The summed E-state index contributed by atoms with van der Waals surface area (Å²) in [5.41, 5.74) is -0.192. The maximum absolute atomic E-state index is 12.2. The van der Waals surface area contributed by atoms with Crippen LogP contribution in [0.2, 0.25) is 0 Å². The molecule has 22 heavy (non-hydrogen) atoms. The molecule has 3 rings (SSSR count). The van der Waals surface area contributed by atoms with Crippen LogP contribution < -0.4 is 10.9 Å². The highest BCUT2D eigenvalue weighted by Gasteiger charge is 2.21. The lowest BCUT2D eigenvalue weighted by molar-refractivity contribution is 0.102. The molecule has 6 heteroatoms. The number of anilines is 1. The molecule has 0 radical (unpaired) electrons. The van der Waals surface area contributed by atoms with Crippen molar-refractivity contribution in [1.82, 2.24) is 4.98 Å². The van der Waals surface area contributed by atoms with Gasteiger partial charge in [-0.3, -0.25) is 4.79 Å². The van der Waals surface area contributed by atoms with Gasteiger partial charge in [-0.15, -0.1) is 0 Å². The van der Waals surface area contributed by atoms with Gasteiger partial charge in [-0.1, -0.05) is 18.2 Å². The zero-order valence-corrected chi connectivity index (χ0v) is 11.7. The van der Waals surface area contributed by atoms with Crippen LogP contribution in [0.3, 0.4) is 0 Å². The number of carbonyl (C=O) groups excluding carboxylic acids is 1. The molecule has 0 aliphatic carbocycles. The predicted octanol–water partition coefficient (Wildman–Crippen LogP) is 2.45. The lowest BCUT2D eigenvalue weighted by Crippen LogP contribution is -2.21. The molecule has 0 saturated heterocycles. The average Bonchev–Trinajstić information content (AvgIpc) is 2.49. The van der Waals surface area contributed by atoms with Gasteiger partial charge in [-0.25, -0.2) is 9.78 Å². The van der Waals surface area contributed by atoms with E-state index in [1.807, 2.05) is 6.92 Å². The van der Waals surface area contributed by atoms with Crippen LogP contribution in [-0.4, -0.2) is 16.0 Å². The van der Waals surface area contributed by atoms with Crippen molar-refractivity contribution in [2.24, 2.45) is 0 Å². The molecule has 2 aromatic heterocycles. The summed E-state index contributed by atoms with van der Waals surface area (Å²) in [4.78, 5) is 28.2. The molecule has 2 heterocycles. The van der Waals surface area contributed by atoms with Crippen LogP contribution in [-0.2, 0) is 0 Å². The Bertz CT molecular complexity index is 914. The summed E-state index contributed by atoms with van der Waals surface area (Å²) >= 11 is 0. The maximum Gasteiger partial charge on any atom is 0.353 e. The van der Waals surface area contributed by atoms with Crippen molar-refractivity contribution >= 4 is 22.7 Å². The number of carbonyl (C=O) groups is 1. The Labute approximate surface area is 125 Å². The van der Waals surface area contributed by atoms with E-state index in [0.29, 0.717) is 5.39 Å². The third kappa shape index (κ3) is 2.42. The Balaban J connectivity index is 2.04. The summed E-state index contributed by atoms with van der Waals surface area (Å²) in [6, 6.07) is 9.82. The minimum atomic E-state index is -0.902. The van der Waals surface area contributed by atoms with Gasteiger partial charge in [0.2, 0.25) is 0 Å². The molecule has 2 N–H and O–H groups in total. The zero-order chi connectivity index (χ0) is 15.7. The molecule has 0 aliphatic rings. The summed E-state index contributed by atoms with van der Waals surface area (Å²) < 4.78 is 5.05. The summed E-state index contributed by atoms with van der Waals surface area (Å²) in [5.74, 6) is -0.896. The van der Waals surface area contributed by atoms with Crippen molar-refractivity contribution in [3.05, 3.63) is 64.1 Å². The molecular weight excluding hydrogens is 284 g/mol. The smallest absolute Gasteiger partial charge is 0.353 e. The molecule has 6 nitrogen and oxygen atoms in total. The van der Waals surface area contributed by atoms with E-state index in [1.165, 1.54) is 0 Å². The quantitative estimate of drug-likeness (QED) is 0.709. The fourth-order valence-electron chi connectivity index (χ4n) is 2.05. The van der Waals surface area contributed by atoms with Crippen LogP contribution in [0.4, 0.5) is 5.82 Å². The van der Waals surface area contributed by atoms with Gasteiger partial charge in [0.05, 0.1) is 5.39 Å². The molecule has 1 amide bonds. The summed E-state index contributed by atoms with van der Waals surface area (Å²) in [6.45, 7) is 1.86. The molecule has 110 valence electrons. The standard InChI is InChI=1S/C16H12N2O4/c1-9-6-7-12(17-8-9)18-15(20)13-14(19)10-4-2-3-5-11(10)22-16(13)21/h2-8,19H,1H3,(H,17,18,20). The number of aryl methyl sites for hydroxylation is 1. The number of nitrogens with zero attached hydrogens (tertiary/aromatic N) is 1. The number of hydrogen-bond donors (Lipinski definition) is 2. The lowest BCUT2D eigenvalue weighted by Gasteiger charge is -2.07. The number of pyridine rings is 1. The number of fused-ring (bicyclic) bond motifs is 1. The van der Waals surface area contributed by atoms with Gasteiger partial charge in [-0.2, -0.15) is 0 Å². The molecule has 0 atom stereocenters. The van der Waals surface area contributed by atoms with Crippen molar-refractivity contribution in [2.75, 3.05) is 5.32 Å². The third-order valence-electron chi connectivity index (χ3n) is 3.17. The molecule has 0 saturated carbocycles. The predicted molar refractivity (Wildman–Crippen MR) is 81.1 cm³/mol. The number of benzene rings is 1. The van der Waals surface area contributed by atoms with Crippen molar-refractivity contribution < 1.29 is 14.3 Å². The Morgan fingerprint density at radius 1 is 1.23 bits per heavy atom. The molecule has 3 aromatic rings. The SMILES string of the molecule is Cc1ccc(NC(=O)c2c(O)c3ccccc3oc2=O)nc1. The third-order valence-corrected chi connectivity index (χ3v) is 3.17. The van der Waals surface area contributed by atoms with E-state index in [4.69, 9.17) is 4.42 Å². The topological polar surface area (TPSA) is 92.4 Å². The van der Waals surface area contributed by atoms with Crippen LogP contribution in [0, 0.1) is 6.92 Å². The number of nitrogens with one attached hydrogen (secondary N) is 1. The van der Waals surface area contributed by atoms with E-state index >= 15 is 0 Å². The normalized spacial score (nSPS) is 10.6. The molecule has 0 bridgehead atoms. The molecule has 0 fully saturated rings. The number of rotatable bonds is 2. The second kappa shape index (κ2) is 5.33. The highest BCUT2D eigenvalue weighted by Crippen LogP contribution is 2.26. The van der Waals surface area contributed by atoms with E-state index in [-0.39, 0.29) is 11.4 Å². The molecular formula is C16H12N2O4. The Morgan fingerprint density at radius 3 is 2.73 bits per heavy atom. The summed E-state index contributed by atoms with van der Waals surface area (Å²) in [5, 5.41) is 12.9. The number of aromatic hydroxyl groups is 1. The van der Waals surface area contributed by atoms with Crippen LogP contribution in [0.15, 0.2) is 51.8 Å². The van der Waals surface area contributed by atoms with E-state index < -0.39 is 22.8 Å². The minimum absolute atomic E-state index is 0.218. The first-order valence-electron chi connectivity index (χ1n) is 6.55. The van der Waals surface area contributed by atoms with Crippen molar-refractivity contribution in [3.63, 3.8) is 0 Å². The van der Waals surface area contributed by atoms with Crippen LogP contribution >= 0.6 is 0 Å². The lowest BCUT2D eigenvalue weighted by atomic mass is 10.1. The van der Waals surface area contributed by atoms with E-state index in [2.05, 4.69) is 10.3 Å². The second-order valence-electron chi connectivity index (χ2n) is 4.78.